The monoisotopic (exact) mass is 215 g/mol. The van der Waals surface area contributed by atoms with Crippen molar-refractivity contribution in [3.8, 4) is 0 Å². The van der Waals surface area contributed by atoms with Crippen LogP contribution in [0, 0.1) is 0 Å². The average molecular weight is 215 g/mol. The minimum absolute atomic E-state index is 0.132. The van der Waals surface area contributed by atoms with Crippen LogP contribution >= 0.6 is 0 Å². The van der Waals surface area contributed by atoms with Crippen LogP contribution in [0.4, 0.5) is 0 Å². The number of amidine groups is 1. The third kappa shape index (κ3) is 2.23. The van der Waals surface area contributed by atoms with E-state index in [2.05, 4.69) is 9.72 Å². The summed E-state index contributed by atoms with van der Waals surface area (Å²) in [6, 6.07) is 11.6. The minimum atomic E-state index is 0.132. The van der Waals surface area contributed by atoms with Crippen LogP contribution in [0.2, 0.25) is 0 Å². The highest BCUT2D eigenvalue weighted by Crippen LogP contribution is 2.06. The molecule has 0 aliphatic rings. The molecular weight excluding hydrogens is 202 g/mol. The van der Waals surface area contributed by atoms with Gasteiger partial charge < -0.3 is 15.5 Å². The van der Waals surface area contributed by atoms with Crippen LogP contribution in [-0.4, -0.2) is 15.6 Å². The van der Waals surface area contributed by atoms with Gasteiger partial charge in [-0.25, -0.2) is 0 Å². The number of hydrogen-bond donors (Lipinski definition) is 2. The van der Waals surface area contributed by atoms with Gasteiger partial charge in [-0.2, -0.15) is 0 Å². The van der Waals surface area contributed by atoms with E-state index in [-0.39, 0.29) is 5.84 Å². The zero-order valence-corrected chi connectivity index (χ0v) is 8.74. The van der Waals surface area contributed by atoms with Gasteiger partial charge in [-0.3, -0.25) is 0 Å². The quantitative estimate of drug-likeness (QED) is 0.354. The molecule has 4 nitrogen and oxygen atoms in total. The Balaban J connectivity index is 2.14. The highest BCUT2D eigenvalue weighted by Gasteiger charge is 1.99. The van der Waals surface area contributed by atoms with Gasteiger partial charge in [0.15, 0.2) is 5.84 Å². The van der Waals surface area contributed by atoms with E-state index in [1.54, 1.807) is 0 Å². The van der Waals surface area contributed by atoms with Crippen LogP contribution in [0.1, 0.15) is 11.1 Å². The Morgan fingerprint density at radius 2 is 1.81 bits per heavy atom. The summed E-state index contributed by atoms with van der Waals surface area (Å²) < 4.78 is 2.08. The molecule has 0 amide bonds. The highest BCUT2D eigenvalue weighted by atomic mass is 16.4. The first-order valence-corrected chi connectivity index (χ1v) is 4.97. The second kappa shape index (κ2) is 4.53. The maximum Gasteiger partial charge on any atom is 0.170 e. The lowest BCUT2D eigenvalue weighted by Crippen LogP contribution is -2.12. The third-order valence-corrected chi connectivity index (χ3v) is 2.39. The minimum Gasteiger partial charge on any atom is -0.409 e. The van der Waals surface area contributed by atoms with Crippen molar-refractivity contribution in [2.45, 2.75) is 6.54 Å². The summed E-state index contributed by atoms with van der Waals surface area (Å²) in [5, 5.41) is 11.5. The lowest BCUT2D eigenvalue weighted by molar-refractivity contribution is 0.318. The zero-order valence-electron chi connectivity index (χ0n) is 8.74. The molecular formula is C12H13N3O. The van der Waals surface area contributed by atoms with Crippen LogP contribution in [0.3, 0.4) is 0 Å². The van der Waals surface area contributed by atoms with Crippen molar-refractivity contribution in [1.82, 2.24) is 4.57 Å². The van der Waals surface area contributed by atoms with E-state index >= 15 is 0 Å². The maximum atomic E-state index is 8.52. The first-order valence-electron chi connectivity index (χ1n) is 4.97. The fourth-order valence-corrected chi connectivity index (χ4v) is 1.53. The van der Waals surface area contributed by atoms with E-state index < -0.39 is 0 Å². The SMILES string of the molecule is N/C(=N/O)c1ccc(Cn2cccc2)cc1. The Morgan fingerprint density at radius 1 is 1.19 bits per heavy atom. The summed E-state index contributed by atoms with van der Waals surface area (Å²) in [7, 11) is 0. The Labute approximate surface area is 93.6 Å². The van der Waals surface area contributed by atoms with Gasteiger partial charge in [0.1, 0.15) is 0 Å². The summed E-state index contributed by atoms with van der Waals surface area (Å²) in [4.78, 5) is 0. The average Bonchev–Trinajstić information content (AvgIpc) is 2.82. The third-order valence-electron chi connectivity index (χ3n) is 2.39. The van der Waals surface area contributed by atoms with Crippen LogP contribution in [0.25, 0.3) is 0 Å². The van der Waals surface area contributed by atoms with Crippen molar-refractivity contribution < 1.29 is 5.21 Å². The molecule has 1 heterocycles. The van der Waals surface area contributed by atoms with E-state index in [0.717, 1.165) is 12.1 Å². The Morgan fingerprint density at radius 3 is 2.38 bits per heavy atom. The molecule has 3 N–H and O–H groups in total. The van der Waals surface area contributed by atoms with Crippen LogP contribution in [0.15, 0.2) is 53.9 Å². The van der Waals surface area contributed by atoms with Crippen molar-refractivity contribution in [3.63, 3.8) is 0 Å². The Hall–Kier alpha value is -2.23. The second-order valence-corrected chi connectivity index (χ2v) is 3.54. The molecule has 1 aromatic carbocycles. The van der Waals surface area contributed by atoms with Gasteiger partial charge in [-0.05, 0) is 17.7 Å². The molecule has 4 heteroatoms. The normalized spacial score (nSPS) is 11.6. The molecule has 0 atom stereocenters. The molecule has 0 aliphatic carbocycles. The molecule has 0 fully saturated rings. The largest absolute Gasteiger partial charge is 0.409 e. The van der Waals surface area contributed by atoms with Crippen LogP contribution < -0.4 is 5.73 Å². The van der Waals surface area contributed by atoms with Crippen molar-refractivity contribution in [2.24, 2.45) is 10.9 Å². The summed E-state index contributed by atoms with van der Waals surface area (Å²) >= 11 is 0. The molecule has 82 valence electrons. The summed E-state index contributed by atoms with van der Waals surface area (Å²) in [6.07, 6.45) is 4.02. The van der Waals surface area contributed by atoms with E-state index in [1.807, 2.05) is 48.8 Å². The molecule has 0 spiro atoms. The number of rotatable bonds is 3. The van der Waals surface area contributed by atoms with Gasteiger partial charge in [0.2, 0.25) is 0 Å². The van der Waals surface area contributed by atoms with Crippen molar-refractivity contribution in [2.75, 3.05) is 0 Å². The number of hydrogen-bond acceptors (Lipinski definition) is 2. The zero-order chi connectivity index (χ0) is 11.4. The fourth-order valence-electron chi connectivity index (χ4n) is 1.53. The predicted octanol–water partition coefficient (Wildman–Crippen LogP) is 1.63. The highest BCUT2D eigenvalue weighted by molar-refractivity contribution is 5.96. The Kier molecular flexibility index (Phi) is 2.91. The van der Waals surface area contributed by atoms with Crippen molar-refractivity contribution >= 4 is 5.84 Å². The number of benzene rings is 1. The molecule has 2 rings (SSSR count). The molecule has 2 aromatic rings. The number of nitrogens with two attached hydrogens (primary N) is 1. The summed E-state index contributed by atoms with van der Waals surface area (Å²) in [5.41, 5.74) is 7.37. The van der Waals surface area contributed by atoms with E-state index in [9.17, 15) is 0 Å². The van der Waals surface area contributed by atoms with Gasteiger partial charge in [-0.1, -0.05) is 29.4 Å². The Bertz CT molecular complexity index is 471. The van der Waals surface area contributed by atoms with Gasteiger partial charge in [-0.15, -0.1) is 0 Å². The standard InChI is InChI=1S/C12H13N3O/c13-12(14-16)11-5-3-10(4-6-11)9-15-7-1-2-8-15/h1-8,16H,9H2,(H2,13,14). The smallest absolute Gasteiger partial charge is 0.170 e. The van der Waals surface area contributed by atoms with E-state index in [1.165, 1.54) is 5.56 Å². The first-order chi connectivity index (χ1) is 7.79. The molecule has 0 saturated heterocycles. The first kappa shape index (κ1) is 10.3. The predicted molar refractivity (Wildman–Crippen MR) is 62.5 cm³/mol. The molecule has 1 aromatic heterocycles. The number of nitrogens with zero attached hydrogens (tertiary/aromatic N) is 2. The topological polar surface area (TPSA) is 63.5 Å². The van der Waals surface area contributed by atoms with Crippen molar-refractivity contribution in [1.29, 1.82) is 0 Å². The van der Waals surface area contributed by atoms with Gasteiger partial charge in [0.25, 0.3) is 0 Å². The molecule has 0 radical (unpaired) electrons. The fraction of sp³-hybridized carbons (Fsp3) is 0.0833. The van der Waals surface area contributed by atoms with Gasteiger partial charge in [0, 0.05) is 24.5 Å². The number of aromatic nitrogens is 1. The molecule has 0 bridgehead atoms. The van der Waals surface area contributed by atoms with E-state index in [0.29, 0.717) is 0 Å². The lowest BCUT2D eigenvalue weighted by atomic mass is 10.1. The lowest BCUT2D eigenvalue weighted by Gasteiger charge is -2.04. The van der Waals surface area contributed by atoms with Crippen LogP contribution in [0.5, 0.6) is 0 Å². The molecule has 0 saturated carbocycles. The molecule has 16 heavy (non-hydrogen) atoms. The summed E-state index contributed by atoms with van der Waals surface area (Å²) in [5.74, 6) is 0.132. The second-order valence-electron chi connectivity index (χ2n) is 3.54. The van der Waals surface area contributed by atoms with Gasteiger partial charge >= 0.3 is 0 Å². The molecule has 0 unspecified atom stereocenters. The van der Waals surface area contributed by atoms with E-state index in [4.69, 9.17) is 10.9 Å². The number of oxime groups is 1. The van der Waals surface area contributed by atoms with Crippen LogP contribution in [-0.2, 0) is 6.54 Å². The molecule has 0 aliphatic heterocycles. The van der Waals surface area contributed by atoms with Crippen molar-refractivity contribution in [3.05, 3.63) is 59.9 Å². The summed E-state index contributed by atoms with van der Waals surface area (Å²) in [6.45, 7) is 0.823. The maximum absolute atomic E-state index is 8.52. The van der Waals surface area contributed by atoms with Gasteiger partial charge in [0.05, 0.1) is 0 Å².